The van der Waals surface area contributed by atoms with Gasteiger partial charge in [-0.2, -0.15) is 0 Å². The average molecular weight is 302 g/mol. The molecule has 2 aromatic rings. The fourth-order valence-corrected chi connectivity index (χ4v) is 2.83. The summed E-state index contributed by atoms with van der Waals surface area (Å²) in [6.07, 6.45) is 3.02. The first-order valence-corrected chi connectivity index (χ1v) is 7.57. The summed E-state index contributed by atoms with van der Waals surface area (Å²) in [4.78, 5) is 16.5. The molecular formula is C15H22N6O. The lowest BCUT2D eigenvalue weighted by atomic mass is 10.2. The van der Waals surface area contributed by atoms with Crippen molar-refractivity contribution in [1.82, 2.24) is 29.7 Å². The third-order valence-corrected chi connectivity index (χ3v) is 4.17. The van der Waals surface area contributed by atoms with Gasteiger partial charge >= 0.3 is 0 Å². The Morgan fingerprint density at radius 1 is 1.41 bits per heavy atom. The fraction of sp³-hybridized carbons (Fsp3) is 0.533. The zero-order valence-corrected chi connectivity index (χ0v) is 13.1. The molecule has 1 aliphatic heterocycles. The Morgan fingerprint density at radius 2 is 2.27 bits per heavy atom. The molecule has 0 bridgehead atoms. The van der Waals surface area contributed by atoms with Gasteiger partial charge in [-0.15, -0.1) is 10.2 Å². The van der Waals surface area contributed by atoms with Crippen molar-refractivity contribution in [2.75, 3.05) is 33.7 Å². The van der Waals surface area contributed by atoms with Crippen molar-refractivity contribution < 1.29 is 4.79 Å². The second-order valence-corrected chi connectivity index (χ2v) is 5.96. The van der Waals surface area contributed by atoms with E-state index in [2.05, 4.69) is 39.4 Å². The van der Waals surface area contributed by atoms with E-state index in [1.54, 1.807) is 0 Å². The largest absolute Gasteiger partial charge is 0.348 e. The Kier molecular flexibility index (Phi) is 4.35. The number of carbonyl (C=O) groups excluding carboxylic acids is 1. The number of pyridine rings is 1. The molecule has 1 N–H and O–H groups in total. The Balaban J connectivity index is 1.51. The van der Waals surface area contributed by atoms with Crippen LogP contribution in [-0.4, -0.2) is 70.1 Å². The molecule has 3 heterocycles. The van der Waals surface area contributed by atoms with Crippen LogP contribution in [0.25, 0.3) is 5.65 Å². The van der Waals surface area contributed by atoms with Gasteiger partial charge < -0.3 is 10.2 Å². The lowest BCUT2D eigenvalue weighted by molar-refractivity contribution is -0.122. The van der Waals surface area contributed by atoms with Gasteiger partial charge in [-0.05, 0) is 32.6 Å². The standard InChI is InChI=1S/C15H22N6O/c1-19(2)12-6-8-20(10-12)11-15(22)16-9-14-18-17-13-5-3-4-7-21(13)14/h3-5,7,12H,6,8-11H2,1-2H3,(H,16,22)/t12-/m1/s1. The van der Waals surface area contributed by atoms with Crippen molar-refractivity contribution in [3.05, 3.63) is 30.2 Å². The second-order valence-electron chi connectivity index (χ2n) is 5.96. The van der Waals surface area contributed by atoms with Crippen molar-refractivity contribution in [2.24, 2.45) is 0 Å². The van der Waals surface area contributed by atoms with E-state index >= 15 is 0 Å². The number of fused-ring (bicyclic) bond motifs is 1. The first kappa shape index (κ1) is 14.9. The molecule has 1 saturated heterocycles. The minimum Gasteiger partial charge on any atom is -0.348 e. The summed E-state index contributed by atoms with van der Waals surface area (Å²) in [6, 6.07) is 6.28. The first-order valence-electron chi connectivity index (χ1n) is 7.57. The molecule has 1 fully saturated rings. The molecule has 7 nitrogen and oxygen atoms in total. The molecule has 1 amide bonds. The van der Waals surface area contributed by atoms with Crippen LogP contribution in [0.1, 0.15) is 12.2 Å². The lowest BCUT2D eigenvalue weighted by Gasteiger charge is -2.19. The monoisotopic (exact) mass is 302 g/mol. The number of nitrogens with one attached hydrogen (secondary N) is 1. The van der Waals surface area contributed by atoms with E-state index in [-0.39, 0.29) is 5.91 Å². The Labute approximate surface area is 129 Å². The van der Waals surface area contributed by atoms with E-state index in [1.807, 2.05) is 28.8 Å². The molecule has 118 valence electrons. The highest BCUT2D eigenvalue weighted by Crippen LogP contribution is 2.12. The molecule has 2 aromatic heterocycles. The van der Waals surface area contributed by atoms with Gasteiger partial charge in [0.1, 0.15) is 0 Å². The fourth-order valence-electron chi connectivity index (χ4n) is 2.83. The van der Waals surface area contributed by atoms with E-state index in [4.69, 9.17) is 0 Å². The van der Waals surface area contributed by atoms with Crippen LogP contribution in [0.15, 0.2) is 24.4 Å². The zero-order chi connectivity index (χ0) is 15.5. The van der Waals surface area contributed by atoms with Gasteiger partial charge in [0.2, 0.25) is 5.91 Å². The second kappa shape index (κ2) is 6.41. The highest BCUT2D eigenvalue weighted by atomic mass is 16.2. The summed E-state index contributed by atoms with van der Waals surface area (Å²) in [5.41, 5.74) is 0.792. The average Bonchev–Trinajstić information content (AvgIpc) is 3.12. The minimum absolute atomic E-state index is 0.0343. The SMILES string of the molecule is CN(C)[C@@H]1CCN(CC(=O)NCc2nnc3ccccn23)C1. The quantitative estimate of drug-likeness (QED) is 0.841. The number of hydrogen-bond acceptors (Lipinski definition) is 5. The summed E-state index contributed by atoms with van der Waals surface area (Å²) in [7, 11) is 4.18. The molecule has 1 atom stereocenters. The van der Waals surface area contributed by atoms with Crippen LogP contribution in [0.4, 0.5) is 0 Å². The molecule has 7 heteroatoms. The van der Waals surface area contributed by atoms with Crippen molar-refractivity contribution in [1.29, 1.82) is 0 Å². The van der Waals surface area contributed by atoms with E-state index < -0.39 is 0 Å². The number of hydrogen-bond donors (Lipinski definition) is 1. The number of likely N-dealkylation sites (tertiary alicyclic amines) is 1. The van der Waals surface area contributed by atoms with Gasteiger partial charge in [-0.3, -0.25) is 14.1 Å². The molecule has 0 saturated carbocycles. The van der Waals surface area contributed by atoms with Gasteiger partial charge in [0, 0.05) is 25.3 Å². The number of nitrogens with zero attached hydrogens (tertiary/aromatic N) is 5. The molecule has 3 rings (SSSR count). The molecule has 1 aliphatic rings. The Hall–Kier alpha value is -1.99. The minimum atomic E-state index is 0.0343. The van der Waals surface area contributed by atoms with Gasteiger partial charge in [-0.1, -0.05) is 6.07 Å². The molecule has 0 aliphatic carbocycles. The predicted octanol–water partition coefficient (Wildman–Crippen LogP) is -0.0186. The molecule has 0 unspecified atom stereocenters. The summed E-state index contributed by atoms with van der Waals surface area (Å²) in [5.74, 6) is 0.781. The van der Waals surface area contributed by atoms with Crippen LogP contribution in [0.5, 0.6) is 0 Å². The third kappa shape index (κ3) is 3.26. The predicted molar refractivity (Wildman–Crippen MR) is 83.4 cm³/mol. The van der Waals surface area contributed by atoms with Gasteiger partial charge in [0.15, 0.2) is 11.5 Å². The molecule has 0 aromatic carbocycles. The van der Waals surface area contributed by atoms with Crippen molar-refractivity contribution >= 4 is 11.6 Å². The molecule has 22 heavy (non-hydrogen) atoms. The van der Waals surface area contributed by atoms with Crippen LogP contribution in [0.2, 0.25) is 0 Å². The summed E-state index contributed by atoms with van der Waals surface area (Å²) < 4.78 is 1.89. The molecule has 0 radical (unpaired) electrons. The normalized spacial score (nSPS) is 19.1. The van der Waals surface area contributed by atoms with Crippen molar-refractivity contribution in [3.8, 4) is 0 Å². The van der Waals surface area contributed by atoms with Gasteiger partial charge in [0.05, 0.1) is 13.1 Å². The Morgan fingerprint density at radius 3 is 3.05 bits per heavy atom. The number of amides is 1. The highest BCUT2D eigenvalue weighted by molar-refractivity contribution is 5.78. The highest BCUT2D eigenvalue weighted by Gasteiger charge is 2.25. The number of rotatable bonds is 5. The van der Waals surface area contributed by atoms with Gasteiger partial charge in [-0.25, -0.2) is 0 Å². The third-order valence-electron chi connectivity index (χ3n) is 4.17. The summed E-state index contributed by atoms with van der Waals surface area (Å²) in [5, 5.41) is 11.1. The topological polar surface area (TPSA) is 65.8 Å². The molecule has 0 spiro atoms. The maximum atomic E-state index is 12.1. The smallest absolute Gasteiger partial charge is 0.234 e. The molecular weight excluding hydrogens is 280 g/mol. The Bertz CT molecular complexity index is 652. The summed E-state index contributed by atoms with van der Waals surface area (Å²) >= 11 is 0. The van der Waals surface area contributed by atoms with Gasteiger partial charge in [0.25, 0.3) is 0 Å². The number of aromatic nitrogens is 3. The van der Waals surface area contributed by atoms with Crippen LogP contribution in [-0.2, 0) is 11.3 Å². The van der Waals surface area contributed by atoms with E-state index in [1.165, 1.54) is 0 Å². The lowest BCUT2D eigenvalue weighted by Crippen LogP contribution is -2.38. The van der Waals surface area contributed by atoms with E-state index in [0.29, 0.717) is 19.1 Å². The van der Waals surface area contributed by atoms with Crippen molar-refractivity contribution in [3.63, 3.8) is 0 Å². The maximum absolute atomic E-state index is 12.1. The number of carbonyl (C=O) groups is 1. The van der Waals surface area contributed by atoms with E-state index in [0.717, 1.165) is 31.0 Å². The maximum Gasteiger partial charge on any atom is 0.234 e. The van der Waals surface area contributed by atoms with Crippen LogP contribution >= 0.6 is 0 Å². The van der Waals surface area contributed by atoms with E-state index in [9.17, 15) is 4.79 Å². The van der Waals surface area contributed by atoms with Crippen LogP contribution in [0.3, 0.4) is 0 Å². The summed E-state index contributed by atoms with van der Waals surface area (Å²) in [6.45, 7) is 2.77. The van der Waals surface area contributed by atoms with Crippen LogP contribution < -0.4 is 5.32 Å². The van der Waals surface area contributed by atoms with Crippen LogP contribution in [0, 0.1) is 0 Å². The van der Waals surface area contributed by atoms with Crippen molar-refractivity contribution in [2.45, 2.75) is 19.0 Å². The first-order chi connectivity index (χ1) is 10.6. The number of likely N-dealkylation sites (N-methyl/N-ethyl adjacent to an activating group) is 1. The zero-order valence-electron chi connectivity index (χ0n) is 13.1.